The van der Waals surface area contributed by atoms with Gasteiger partial charge in [-0.15, -0.1) is 10.2 Å². The largest absolute Gasteiger partial charge is 0.416 e. The van der Waals surface area contributed by atoms with Crippen molar-refractivity contribution in [2.24, 2.45) is 5.41 Å². The predicted octanol–water partition coefficient (Wildman–Crippen LogP) is 3.06. The van der Waals surface area contributed by atoms with E-state index in [-0.39, 0.29) is 23.0 Å². The quantitative estimate of drug-likeness (QED) is 0.703. The summed E-state index contributed by atoms with van der Waals surface area (Å²) in [6.07, 6.45) is 0.675. The van der Waals surface area contributed by atoms with Gasteiger partial charge in [0.1, 0.15) is 0 Å². The molecule has 0 aliphatic carbocycles. The van der Waals surface area contributed by atoms with E-state index in [1.54, 1.807) is 0 Å². The summed E-state index contributed by atoms with van der Waals surface area (Å²) in [5, 5.41) is 11.1. The molecule has 9 heteroatoms. The summed E-state index contributed by atoms with van der Waals surface area (Å²) < 4.78 is 5.39. The number of aryl methyl sites for hydroxylation is 1. The molecule has 3 rings (SSSR count). The van der Waals surface area contributed by atoms with Gasteiger partial charge in [-0.2, -0.15) is 0 Å². The third kappa shape index (κ3) is 5.75. The molecule has 2 heterocycles. The number of anilines is 2. The molecule has 162 valence electrons. The molecule has 2 aromatic rings. The molecule has 1 aliphatic heterocycles. The minimum atomic E-state index is -0.345. The normalized spacial score (nSPS) is 14.7. The molecule has 1 saturated heterocycles. The number of carbonyl (C=O) groups is 2. The number of aromatic nitrogens is 2. The Hall–Kier alpha value is -2.55. The number of thioether (sulfide) groups is 1. The molecule has 0 atom stereocenters. The first-order chi connectivity index (χ1) is 14.3. The molecular weight excluding hydrogens is 402 g/mol. The summed E-state index contributed by atoms with van der Waals surface area (Å²) in [6.45, 7) is 10.8. The number of hydrogen-bond donors (Lipinski definition) is 1. The summed E-state index contributed by atoms with van der Waals surface area (Å²) in [6, 6.07) is 7.78. The van der Waals surface area contributed by atoms with Gasteiger partial charge in [0.15, 0.2) is 0 Å². The second-order valence-corrected chi connectivity index (χ2v) is 9.15. The van der Waals surface area contributed by atoms with Crippen LogP contribution in [0.1, 0.15) is 33.6 Å². The highest BCUT2D eigenvalue weighted by Gasteiger charge is 2.29. The van der Waals surface area contributed by atoms with Crippen LogP contribution in [-0.2, 0) is 16.0 Å². The molecule has 30 heavy (non-hydrogen) atoms. The van der Waals surface area contributed by atoms with E-state index in [9.17, 15) is 9.59 Å². The van der Waals surface area contributed by atoms with Crippen molar-refractivity contribution in [2.45, 2.75) is 39.3 Å². The average molecular weight is 432 g/mol. The van der Waals surface area contributed by atoms with Gasteiger partial charge >= 0.3 is 0 Å². The Morgan fingerprint density at radius 2 is 1.77 bits per heavy atom. The van der Waals surface area contributed by atoms with Crippen molar-refractivity contribution in [3.05, 3.63) is 30.2 Å². The maximum absolute atomic E-state index is 12.4. The molecule has 0 bridgehead atoms. The fraction of sp³-hybridized carbons (Fsp3) is 0.524. The van der Waals surface area contributed by atoms with Gasteiger partial charge in [-0.25, -0.2) is 0 Å². The van der Waals surface area contributed by atoms with E-state index in [2.05, 4.69) is 20.4 Å². The molecule has 0 unspecified atom stereocenters. The van der Waals surface area contributed by atoms with E-state index in [1.165, 1.54) is 11.8 Å². The highest BCUT2D eigenvalue weighted by Crippen LogP contribution is 2.23. The van der Waals surface area contributed by atoms with Crippen LogP contribution in [-0.4, -0.2) is 58.8 Å². The van der Waals surface area contributed by atoms with E-state index < -0.39 is 0 Å². The fourth-order valence-electron chi connectivity index (χ4n) is 3.16. The molecule has 1 N–H and O–H groups in total. The molecule has 1 aromatic heterocycles. The lowest BCUT2D eigenvalue weighted by atomic mass is 9.94. The summed E-state index contributed by atoms with van der Waals surface area (Å²) in [7, 11) is 0. The summed E-state index contributed by atoms with van der Waals surface area (Å²) in [5.41, 5.74) is 1.48. The van der Waals surface area contributed by atoms with Gasteiger partial charge < -0.3 is 19.5 Å². The molecule has 0 radical (unpaired) electrons. The molecule has 0 saturated carbocycles. The zero-order chi connectivity index (χ0) is 21.7. The average Bonchev–Trinajstić information content (AvgIpc) is 3.20. The van der Waals surface area contributed by atoms with Crippen LogP contribution in [0, 0.1) is 5.41 Å². The van der Waals surface area contributed by atoms with Crippen LogP contribution < -0.4 is 10.2 Å². The zero-order valence-electron chi connectivity index (χ0n) is 18.0. The van der Waals surface area contributed by atoms with Crippen LogP contribution in [0.2, 0.25) is 0 Å². The van der Waals surface area contributed by atoms with E-state index >= 15 is 0 Å². The van der Waals surface area contributed by atoms with Gasteiger partial charge in [0, 0.05) is 49.4 Å². The highest BCUT2D eigenvalue weighted by molar-refractivity contribution is 7.99. The molecule has 1 fully saturated rings. The topological polar surface area (TPSA) is 91.6 Å². The fourth-order valence-corrected chi connectivity index (χ4v) is 3.74. The third-order valence-electron chi connectivity index (χ3n) is 4.80. The van der Waals surface area contributed by atoms with Crippen molar-refractivity contribution < 1.29 is 14.0 Å². The molecular formula is C21H29N5O3S. The first-order valence-corrected chi connectivity index (χ1v) is 11.1. The van der Waals surface area contributed by atoms with Gasteiger partial charge in [-0.05, 0) is 24.3 Å². The van der Waals surface area contributed by atoms with Crippen LogP contribution in [0.15, 0.2) is 33.9 Å². The number of benzene rings is 1. The van der Waals surface area contributed by atoms with Gasteiger partial charge in [0.25, 0.3) is 5.22 Å². The maximum atomic E-state index is 12.4. The number of carbonyl (C=O) groups excluding carboxylic acids is 2. The molecule has 1 aromatic carbocycles. The Morgan fingerprint density at radius 1 is 1.10 bits per heavy atom. The first kappa shape index (κ1) is 22.1. The van der Waals surface area contributed by atoms with Crippen LogP contribution in [0.5, 0.6) is 0 Å². The number of nitrogens with zero attached hydrogens (tertiary/aromatic N) is 4. The SMILES string of the molecule is CCc1nnc(SCC(=O)Nc2ccc(N3CCN(C(=O)C(C)(C)C)CC3)cc2)o1. The third-order valence-corrected chi connectivity index (χ3v) is 5.62. The lowest BCUT2D eigenvalue weighted by molar-refractivity contribution is -0.139. The number of hydrogen-bond acceptors (Lipinski definition) is 7. The predicted molar refractivity (Wildman–Crippen MR) is 118 cm³/mol. The standard InChI is InChI=1S/C21H29N5O3S/c1-5-18-23-24-20(29-18)30-14-17(27)22-15-6-8-16(9-7-15)25-10-12-26(13-11-25)19(28)21(2,3)4/h6-9H,5,10-14H2,1-4H3,(H,22,27). The van der Waals surface area contributed by atoms with Crippen LogP contribution >= 0.6 is 11.8 Å². The molecule has 2 amide bonds. The number of piperazine rings is 1. The molecule has 0 spiro atoms. The second-order valence-electron chi connectivity index (χ2n) is 8.23. The zero-order valence-corrected chi connectivity index (χ0v) is 18.8. The van der Waals surface area contributed by atoms with Gasteiger partial charge in [0.2, 0.25) is 17.7 Å². The monoisotopic (exact) mass is 431 g/mol. The molecule has 8 nitrogen and oxygen atoms in total. The minimum absolute atomic E-state index is 0.127. The van der Waals surface area contributed by atoms with E-state index in [4.69, 9.17) is 4.42 Å². The number of nitrogens with one attached hydrogen (secondary N) is 1. The van der Waals surface area contributed by atoms with Gasteiger partial charge in [-0.1, -0.05) is 39.5 Å². The Labute approximate surface area is 181 Å². The van der Waals surface area contributed by atoms with Crippen molar-refractivity contribution >= 4 is 35.0 Å². The minimum Gasteiger partial charge on any atom is -0.416 e. The van der Waals surface area contributed by atoms with E-state index in [1.807, 2.05) is 56.9 Å². The smallest absolute Gasteiger partial charge is 0.277 e. The first-order valence-electron chi connectivity index (χ1n) is 10.2. The van der Waals surface area contributed by atoms with Crippen molar-refractivity contribution in [3.63, 3.8) is 0 Å². The van der Waals surface area contributed by atoms with E-state index in [0.717, 1.165) is 37.6 Å². The lowest BCUT2D eigenvalue weighted by Crippen LogP contribution is -2.51. The second kappa shape index (κ2) is 9.51. The van der Waals surface area contributed by atoms with Gasteiger partial charge in [0.05, 0.1) is 5.75 Å². The van der Waals surface area contributed by atoms with Crippen molar-refractivity contribution in [3.8, 4) is 0 Å². The Kier molecular flexibility index (Phi) is 7.02. The number of rotatable bonds is 6. The van der Waals surface area contributed by atoms with Crippen LogP contribution in [0.4, 0.5) is 11.4 Å². The van der Waals surface area contributed by atoms with Crippen molar-refractivity contribution in [2.75, 3.05) is 42.1 Å². The van der Waals surface area contributed by atoms with Crippen LogP contribution in [0.25, 0.3) is 0 Å². The summed E-state index contributed by atoms with van der Waals surface area (Å²) >= 11 is 1.22. The Bertz CT molecular complexity index is 868. The van der Waals surface area contributed by atoms with E-state index in [0.29, 0.717) is 17.5 Å². The van der Waals surface area contributed by atoms with Crippen molar-refractivity contribution in [1.29, 1.82) is 0 Å². The lowest BCUT2D eigenvalue weighted by Gasteiger charge is -2.38. The Morgan fingerprint density at radius 3 is 2.33 bits per heavy atom. The van der Waals surface area contributed by atoms with Crippen LogP contribution in [0.3, 0.4) is 0 Å². The number of amides is 2. The highest BCUT2D eigenvalue weighted by atomic mass is 32.2. The summed E-state index contributed by atoms with van der Waals surface area (Å²) in [4.78, 5) is 28.8. The Balaban J connectivity index is 1.47. The molecule has 1 aliphatic rings. The van der Waals surface area contributed by atoms with Crippen molar-refractivity contribution in [1.82, 2.24) is 15.1 Å². The van der Waals surface area contributed by atoms with Gasteiger partial charge in [-0.3, -0.25) is 9.59 Å². The maximum Gasteiger partial charge on any atom is 0.277 e. The summed E-state index contributed by atoms with van der Waals surface area (Å²) in [5.74, 6) is 0.844.